The van der Waals surface area contributed by atoms with Crippen molar-refractivity contribution in [1.29, 1.82) is 0 Å². The number of rotatable bonds is 2. The van der Waals surface area contributed by atoms with Gasteiger partial charge in [0.2, 0.25) is 0 Å². The lowest BCUT2D eigenvalue weighted by Gasteiger charge is -1.97. The molecule has 0 aliphatic carbocycles. The van der Waals surface area contributed by atoms with E-state index in [2.05, 4.69) is 4.98 Å². The largest absolute Gasteiger partial charge is 0.390 e. The van der Waals surface area contributed by atoms with Crippen molar-refractivity contribution in [3.8, 4) is 0 Å². The molecule has 3 N–H and O–H groups in total. The monoisotopic (exact) mass is 138 g/mol. The van der Waals surface area contributed by atoms with Crippen LogP contribution < -0.4 is 5.73 Å². The Morgan fingerprint density at radius 2 is 2.40 bits per heavy atom. The maximum absolute atomic E-state index is 8.65. The Balaban J connectivity index is 2.87. The van der Waals surface area contributed by atoms with E-state index in [1.165, 1.54) is 0 Å². The highest BCUT2D eigenvalue weighted by molar-refractivity contribution is 5.15. The molecule has 0 amide bonds. The third kappa shape index (κ3) is 1.52. The summed E-state index contributed by atoms with van der Waals surface area (Å²) in [6.45, 7) is 0.476. The van der Waals surface area contributed by atoms with E-state index >= 15 is 0 Å². The third-order valence-corrected chi connectivity index (χ3v) is 1.28. The van der Waals surface area contributed by atoms with Crippen molar-refractivity contribution in [2.75, 3.05) is 0 Å². The van der Waals surface area contributed by atoms with Crippen LogP contribution in [-0.4, -0.2) is 10.1 Å². The maximum Gasteiger partial charge on any atom is 0.0853 e. The van der Waals surface area contributed by atoms with Gasteiger partial charge >= 0.3 is 0 Å². The second kappa shape index (κ2) is 3.29. The predicted octanol–water partition coefficient (Wildman–Crippen LogP) is 0.0326. The highest BCUT2D eigenvalue weighted by atomic mass is 16.3. The van der Waals surface area contributed by atoms with Gasteiger partial charge in [0.05, 0.1) is 12.3 Å². The molecular formula is C7H10N2O. The van der Waals surface area contributed by atoms with Crippen LogP contribution in [0.4, 0.5) is 0 Å². The van der Waals surface area contributed by atoms with Gasteiger partial charge in [-0.3, -0.25) is 4.98 Å². The Kier molecular flexibility index (Phi) is 2.36. The fraction of sp³-hybridized carbons (Fsp3) is 0.286. The summed E-state index contributed by atoms with van der Waals surface area (Å²) in [5.41, 5.74) is 7.03. The number of aliphatic hydroxyl groups excluding tert-OH is 1. The average molecular weight is 138 g/mol. The standard InChI is InChI=1S/C7H10N2O/c8-4-6-1-2-9-7(3-6)5-10/h1-3,10H,4-5,8H2. The van der Waals surface area contributed by atoms with Gasteiger partial charge < -0.3 is 10.8 Å². The van der Waals surface area contributed by atoms with E-state index < -0.39 is 0 Å². The molecule has 3 nitrogen and oxygen atoms in total. The Morgan fingerprint density at radius 1 is 1.60 bits per heavy atom. The number of nitrogens with zero attached hydrogens (tertiary/aromatic N) is 1. The first kappa shape index (κ1) is 7.18. The van der Waals surface area contributed by atoms with Crippen LogP contribution in [0.1, 0.15) is 11.3 Å². The first-order valence-corrected chi connectivity index (χ1v) is 3.11. The van der Waals surface area contributed by atoms with Gasteiger partial charge in [-0.25, -0.2) is 0 Å². The van der Waals surface area contributed by atoms with Crippen molar-refractivity contribution < 1.29 is 5.11 Å². The fourth-order valence-electron chi connectivity index (χ4n) is 0.742. The molecule has 1 heterocycles. The molecular weight excluding hydrogens is 128 g/mol. The molecule has 54 valence electrons. The smallest absolute Gasteiger partial charge is 0.0853 e. The highest BCUT2D eigenvalue weighted by Crippen LogP contribution is 1.99. The lowest BCUT2D eigenvalue weighted by atomic mass is 10.2. The molecule has 0 saturated heterocycles. The van der Waals surface area contributed by atoms with Gasteiger partial charge in [-0.2, -0.15) is 0 Å². The SMILES string of the molecule is NCc1ccnc(CO)c1. The van der Waals surface area contributed by atoms with Crippen LogP contribution in [0.2, 0.25) is 0 Å². The van der Waals surface area contributed by atoms with Crippen molar-refractivity contribution in [1.82, 2.24) is 4.98 Å². The Bertz CT molecular complexity index is 193. The van der Waals surface area contributed by atoms with Gasteiger partial charge in [0.1, 0.15) is 0 Å². The quantitative estimate of drug-likeness (QED) is 0.606. The number of hydrogen-bond donors (Lipinski definition) is 2. The van der Waals surface area contributed by atoms with E-state index in [-0.39, 0.29) is 6.61 Å². The summed E-state index contributed by atoms with van der Waals surface area (Å²) < 4.78 is 0. The van der Waals surface area contributed by atoms with Gasteiger partial charge in [0.25, 0.3) is 0 Å². The second-order valence-electron chi connectivity index (χ2n) is 2.02. The summed E-state index contributed by atoms with van der Waals surface area (Å²) in [6.07, 6.45) is 1.65. The van der Waals surface area contributed by atoms with E-state index in [9.17, 15) is 0 Å². The third-order valence-electron chi connectivity index (χ3n) is 1.28. The van der Waals surface area contributed by atoms with Crippen molar-refractivity contribution in [3.05, 3.63) is 29.6 Å². The normalized spacial score (nSPS) is 9.80. The van der Waals surface area contributed by atoms with Gasteiger partial charge in [-0.15, -0.1) is 0 Å². The molecule has 0 aliphatic rings. The first-order chi connectivity index (χ1) is 4.86. The van der Waals surface area contributed by atoms with Gasteiger partial charge in [0.15, 0.2) is 0 Å². The zero-order chi connectivity index (χ0) is 7.40. The molecule has 0 aliphatic heterocycles. The van der Waals surface area contributed by atoms with E-state index in [1.807, 2.05) is 6.07 Å². The molecule has 0 atom stereocenters. The van der Waals surface area contributed by atoms with Crippen LogP contribution in [0, 0.1) is 0 Å². The van der Waals surface area contributed by atoms with Crippen molar-refractivity contribution in [2.45, 2.75) is 13.2 Å². The molecule has 1 aromatic rings. The number of nitrogens with two attached hydrogens (primary N) is 1. The molecule has 0 spiro atoms. The van der Waals surface area contributed by atoms with Crippen LogP contribution in [-0.2, 0) is 13.2 Å². The molecule has 1 rings (SSSR count). The van der Waals surface area contributed by atoms with Crippen molar-refractivity contribution in [2.24, 2.45) is 5.73 Å². The number of hydrogen-bond acceptors (Lipinski definition) is 3. The predicted molar refractivity (Wildman–Crippen MR) is 38.1 cm³/mol. The van der Waals surface area contributed by atoms with Crippen molar-refractivity contribution in [3.63, 3.8) is 0 Å². The van der Waals surface area contributed by atoms with E-state index in [0.717, 1.165) is 5.56 Å². The molecule has 0 fully saturated rings. The average Bonchev–Trinajstić information content (AvgIpc) is 2.05. The van der Waals surface area contributed by atoms with Crippen LogP contribution >= 0.6 is 0 Å². The van der Waals surface area contributed by atoms with E-state index in [4.69, 9.17) is 10.8 Å². The fourth-order valence-corrected chi connectivity index (χ4v) is 0.742. The van der Waals surface area contributed by atoms with Crippen LogP contribution in [0.3, 0.4) is 0 Å². The summed E-state index contributed by atoms with van der Waals surface area (Å²) in [5.74, 6) is 0. The zero-order valence-corrected chi connectivity index (χ0v) is 5.62. The van der Waals surface area contributed by atoms with Gasteiger partial charge in [-0.1, -0.05) is 0 Å². The summed E-state index contributed by atoms with van der Waals surface area (Å²) in [4.78, 5) is 3.90. The molecule has 0 aromatic carbocycles. The molecule has 0 unspecified atom stereocenters. The number of pyridine rings is 1. The van der Waals surface area contributed by atoms with Crippen LogP contribution in [0.15, 0.2) is 18.3 Å². The molecule has 0 bridgehead atoms. The maximum atomic E-state index is 8.65. The lowest BCUT2D eigenvalue weighted by Crippen LogP contribution is -1.98. The summed E-state index contributed by atoms with van der Waals surface area (Å²) in [7, 11) is 0. The molecule has 10 heavy (non-hydrogen) atoms. The second-order valence-corrected chi connectivity index (χ2v) is 2.02. The van der Waals surface area contributed by atoms with E-state index in [0.29, 0.717) is 12.2 Å². The minimum atomic E-state index is -0.0200. The minimum Gasteiger partial charge on any atom is -0.390 e. The summed E-state index contributed by atoms with van der Waals surface area (Å²) in [5, 5.41) is 8.65. The summed E-state index contributed by atoms with van der Waals surface area (Å²) >= 11 is 0. The van der Waals surface area contributed by atoms with Crippen LogP contribution in [0.5, 0.6) is 0 Å². The Labute approximate surface area is 59.5 Å². The molecule has 1 aromatic heterocycles. The number of aromatic nitrogens is 1. The van der Waals surface area contributed by atoms with Gasteiger partial charge in [0, 0.05) is 12.7 Å². The molecule has 0 radical (unpaired) electrons. The molecule has 0 saturated carbocycles. The zero-order valence-electron chi connectivity index (χ0n) is 5.62. The highest BCUT2D eigenvalue weighted by Gasteiger charge is 1.91. The Hall–Kier alpha value is -0.930. The molecule has 3 heteroatoms. The lowest BCUT2D eigenvalue weighted by molar-refractivity contribution is 0.276. The van der Waals surface area contributed by atoms with Gasteiger partial charge in [-0.05, 0) is 17.7 Å². The first-order valence-electron chi connectivity index (χ1n) is 3.11. The van der Waals surface area contributed by atoms with Crippen LogP contribution in [0.25, 0.3) is 0 Å². The Morgan fingerprint density at radius 3 is 3.00 bits per heavy atom. The van der Waals surface area contributed by atoms with E-state index in [1.54, 1.807) is 12.3 Å². The van der Waals surface area contributed by atoms with Crippen molar-refractivity contribution >= 4 is 0 Å². The number of aliphatic hydroxyl groups is 1. The minimum absolute atomic E-state index is 0.0200. The summed E-state index contributed by atoms with van der Waals surface area (Å²) in [6, 6.07) is 3.62. The topological polar surface area (TPSA) is 59.1 Å².